The predicted octanol–water partition coefficient (Wildman–Crippen LogP) is 6.61. The molecular weight excluding hydrogens is 481 g/mol. The third-order valence-corrected chi connectivity index (χ3v) is 6.41. The molecule has 37 heavy (non-hydrogen) atoms. The van der Waals surface area contributed by atoms with Gasteiger partial charge >= 0.3 is 12.1 Å². The molecule has 5 nitrogen and oxygen atoms in total. The van der Waals surface area contributed by atoms with Gasteiger partial charge in [-0.2, -0.15) is 13.2 Å². The smallest absolute Gasteiger partial charge is 0.416 e. The zero-order valence-corrected chi connectivity index (χ0v) is 19.7. The monoisotopic (exact) mass is 504 g/mol. The van der Waals surface area contributed by atoms with Crippen LogP contribution in [-0.2, 0) is 25.7 Å². The highest BCUT2D eigenvalue weighted by molar-refractivity contribution is 5.87. The van der Waals surface area contributed by atoms with E-state index in [1.165, 1.54) is 24.5 Å². The summed E-state index contributed by atoms with van der Waals surface area (Å²) in [4.78, 5) is 17.1. The quantitative estimate of drug-likeness (QED) is 0.307. The number of benzene rings is 3. The lowest BCUT2D eigenvalue weighted by molar-refractivity contribution is -0.137. The minimum Gasteiger partial charge on any atom is -0.487 e. The molecule has 0 spiro atoms. The third-order valence-electron chi connectivity index (χ3n) is 6.41. The number of ether oxygens (including phenoxy) is 1. The van der Waals surface area contributed by atoms with Crippen molar-refractivity contribution in [1.82, 2.24) is 4.98 Å². The first-order valence-corrected chi connectivity index (χ1v) is 11.7. The van der Waals surface area contributed by atoms with Crippen LogP contribution in [0.5, 0.6) is 5.75 Å². The molecule has 1 aromatic heterocycles. The van der Waals surface area contributed by atoms with Gasteiger partial charge in [-0.3, -0.25) is 4.98 Å². The number of anilines is 1. The molecule has 0 saturated carbocycles. The van der Waals surface area contributed by atoms with E-state index in [0.29, 0.717) is 24.5 Å². The van der Waals surface area contributed by atoms with Crippen LogP contribution in [0.4, 0.5) is 18.9 Å². The molecule has 3 aromatic carbocycles. The van der Waals surface area contributed by atoms with Gasteiger partial charge in [0.15, 0.2) is 0 Å². The van der Waals surface area contributed by atoms with Crippen LogP contribution >= 0.6 is 0 Å². The van der Waals surface area contributed by atoms with E-state index in [2.05, 4.69) is 4.98 Å². The number of hydrogen-bond donors (Lipinski definition) is 1. The molecule has 1 N–H and O–H groups in total. The Bertz CT molecular complexity index is 1440. The minimum absolute atomic E-state index is 0.0524. The number of alkyl halides is 3. The Morgan fingerprint density at radius 2 is 1.78 bits per heavy atom. The summed E-state index contributed by atoms with van der Waals surface area (Å²) in [6, 6.07) is 21.1. The summed E-state index contributed by atoms with van der Waals surface area (Å²) in [7, 11) is 0. The first-order chi connectivity index (χ1) is 17.8. The molecule has 1 aliphatic heterocycles. The number of aromatic nitrogens is 1. The van der Waals surface area contributed by atoms with E-state index >= 15 is 0 Å². The largest absolute Gasteiger partial charge is 0.487 e. The van der Waals surface area contributed by atoms with Gasteiger partial charge in [0, 0.05) is 25.0 Å². The number of fused-ring (bicyclic) bond motifs is 1. The van der Waals surface area contributed by atoms with E-state index in [4.69, 9.17) is 9.84 Å². The van der Waals surface area contributed by atoms with Gasteiger partial charge in [0.1, 0.15) is 12.4 Å². The van der Waals surface area contributed by atoms with Gasteiger partial charge in [-0.15, -0.1) is 0 Å². The van der Waals surface area contributed by atoms with Crippen LogP contribution in [-0.4, -0.2) is 22.6 Å². The second kappa shape index (κ2) is 9.97. The van der Waals surface area contributed by atoms with E-state index < -0.39 is 17.7 Å². The van der Waals surface area contributed by atoms with Crippen LogP contribution in [0.3, 0.4) is 0 Å². The number of carbonyl (C=O) groups is 1. The molecule has 5 rings (SSSR count). The van der Waals surface area contributed by atoms with Crippen molar-refractivity contribution in [3.05, 3.63) is 113 Å². The highest BCUT2D eigenvalue weighted by Gasteiger charge is 2.32. The maximum Gasteiger partial charge on any atom is 0.416 e. The van der Waals surface area contributed by atoms with E-state index in [1.807, 2.05) is 53.4 Å². The lowest BCUT2D eigenvalue weighted by Crippen LogP contribution is -2.20. The van der Waals surface area contributed by atoms with E-state index in [9.17, 15) is 18.0 Å². The number of hydrogen-bond acceptors (Lipinski definition) is 4. The van der Waals surface area contributed by atoms with Crippen LogP contribution in [0.1, 0.15) is 32.6 Å². The van der Waals surface area contributed by atoms with Crippen molar-refractivity contribution >= 4 is 11.7 Å². The molecule has 0 radical (unpaired) electrons. The predicted molar refractivity (Wildman–Crippen MR) is 134 cm³/mol. The number of nitrogens with zero attached hydrogens (tertiary/aromatic N) is 2. The molecule has 0 saturated heterocycles. The number of rotatable bonds is 7. The Morgan fingerprint density at radius 1 is 1.00 bits per heavy atom. The highest BCUT2D eigenvalue weighted by Crippen LogP contribution is 2.37. The summed E-state index contributed by atoms with van der Waals surface area (Å²) in [6.07, 6.45) is -0.903. The Labute approximate surface area is 211 Å². The van der Waals surface area contributed by atoms with Gasteiger partial charge in [0.25, 0.3) is 0 Å². The maximum absolute atomic E-state index is 13.2. The summed E-state index contributed by atoms with van der Waals surface area (Å²) in [5.41, 5.74) is 4.86. The summed E-state index contributed by atoms with van der Waals surface area (Å²) in [6.45, 7) is 1.43. The van der Waals surface area contributed by atoms with Crippen molar-refractivity contribution in [2.45, 2.75) is 25.7 Å². The molecule has 0 bridgehead atoms. The van der Waals surface area contributed by atoms with Crippen LogP contribution < -0.4 is 9.64 Å². The van der Waals surface area contributed by atoms with E-state index in [1.54, 1.807) is 6.07 Å². The number of carboxylic acids is 1. The molecule has 0 aliphatic carbocycles. The van der Waals surface area contributed by atoms with E-state index in [-0.39, 0.29) is 12.2 Å². The second-order valence-electron chi connectivity index (χ2n) is 8.87. The average Bonchev–Trinajstić information content (AvgIpc) is 3.30. The molecule has 0 amide bonds. The Morgan fingerprint density at radius 3 is 2.54 bits per heavy atom. The van der Waals surface area contributed by atoms with E-state index in [0.717, 1.165) is 40.3 Å². The zero-order valence-electron chi connectivity index (χ0n) is 19.7. The van der Waals surface area contributed by atoms with Gasteiger partial charge < -0.3 is 14.7 Å². The molecule has 0 unspecified atom stereocenters. The fourth-order valence-corrected chi connectivity index (χ4v) is 4.50. The Kier molecular flexibility index (Phi) is 6.56. The molecule has 0 atom stereocenters. The molecule has 1 aliphatic rings. The molecule has 2 heterocycles. The van der Waals surface area contributed by atoms with Crippen molar-refractivity contribution in [3.63, 3.8) is 0 Å². The molecule has 8 heteroatoms. The molecular formula is C29H23F3N2O3. The summed E-state index contributed by atoms with van der Waals surface area (Å²) in [5.74, 6) is -0.707. The highest BCUT2D eigenvalue weighted by atomic mass is 19.4. The zero-order chi connectivity index (χ0) is 26.0. The fraction of sp³-hybridized carbons (Fsp3) is 0.172. The molecule has 4 aromatic rings. The summed E-state index contributed by atoms with van der Waals surface area (Å²) in [5, 5.41) is 9.15. The topological polar surface area (TPSA) is 62.7 Å². The fourth-order valence-electron chi connectivity index (χ4n) is 4.50. The standard InChI is InChI=1S/C29H23F3N2O3/c30-29(31,32)24-10-9-21-11-12-34(27(21)14-24)17-19-5-7-20(8-6-19)26-4-2-1-3-22(26)18-37-25-13-23(28(35)36)15-33-16-25/h1-10,13-16H,11-12,17-18H2,(H,35,36). The summed E-state index contributed by atoms with van der Waals surface area (Å²) < 4.78 is 45.4. The second-order valence-corrected chi connectivity index (χ2v) is 8.87. The SMILES string of the molecule is O=C(O)c1cncc(OCc2ccccc2-c2ccc(CN3CCc4ccc(C(F)(F)F)cc43)cc2)c1. The Hall–Kier alpha value is -4.33. The summed E-state index contributed by atoms with van der Waals surface area (Å²) >= 11 is 0. The first kappa shape index (κ1) is 24.4. The van der Waals surface area contributed by atoms with Crippen LogP contribution in [0, 0.1) is 0 Å². The average molecular weight is 505 g/mol. The van der Waals surface area contributed by atoms with Crippen LogP contribution in [0.2, 0.25) is 0 Å². The molecule has 188 valence electrons. The van der Waals surface area contributed by atoms with Crippen molar-refractivity contribution in [2.24, 2.45) is 0 Å². The van der Waals surface area contributed by atoms with Gasteiger partial charge in [-0.05, 0) is 52.4 Å². The lowest BCUT2D eigenvalue weighted by Gasteiger charge is -2.21. The van der Waals surface area contributed by atoms with Crippen molar-refractivity contribution in [2.75, 3.05) is 11.4 Å². The van der Waals surface area contributed by atoms with Crippen molar-refractivity contribution in [1.29, 1.82) is 0 Å². The minimum atomic E-state index is -4.36. The van der Waals surface area contributed by atoms with Crippen molar-refractivity contribution < 1.29 is 27.8 Å². The number of carboxylic acid groups (broad SMARTS) is 1. The number of aromatic carboxylic acids is 1. The first-order valence-electron chi connectivity index (χ1n) is 11.7. The van der Waals surface area contributed by atoms with Crippen molar-refractivity contribution in [3.8, 4) is 16.9 Å². The molecule has 0 fully saturated rings. The van der Waals surface area contributed by atoms with Gasteiger partial charge in [0.05, 0.1) is 17.3 Å². The maximum atomic E-state index is 13.2. The van der Waals surface area contributed by atoms with Crippen LogP contribution in [0.15, 0.2) is 85.2 Å². The lowest BCUT2D eigenvalue weighted by atomic mass is 9.99. The Balaban J connectivity index is 1.30. The number of pyridine rings is 1. The third kappa shape index (κ3) is 5.43. The van der Waals surface area contributed by atoms with Gasteiger partial charge in [-0.25, -0.2) is 4.79 Å². The number of halogens is 3. The van der Waals surface area contributed by atoms with Gasteiger partial charge in [-0.1, -0.05) is 54.6 Å². The van der Waals surface area contributed by atoms with Crippen LogP contribution in [0.25, 0.3) is 11.1 Å². The normalized spacial score (nSPS) is 12.9. The van der Waals surface area contributed by atoms with Gasteiger partial charge in [0.2, 0.25) is 0 Å².